The van der Waals surface area contributed by atoms with E-state index in [1.54, 1.807) is 0 Å². The van der Waals surface area contributed by atoms with Crippen LogP contribution in [0.25, 0.3) is 0 Å². The number of rotatable bonds is 10. The lowest BCUT2D eigenvalue weighted by Crippen LogP contribution is -2.40. The first-order chi connectivity index (χ1) is 11.3. The summed E-state index contributed by atoms with van der Waals surface area (Å²) >= 11 is 0. The van der Waals surface area contributed by atoms with Gasteiger partial charge in [0, 0.05) is 33.4 Å². The number of ether oxygens (including phenoxy) is 1. The Bertz CT molecular complexity index is 336. The topological polar surface area (TPSA) is 48.9 Å². The third kappa shape index (κ3) is 8.56. The molecule has 2 N–H and O–H groups in total. The first-order valence-corrected chi connectivity index (χ1v) is 9.52. The summed E-state index contributed by atoms with van der Waals surface area (Å²) in [6, 6.07) is 0. The summed E-state index contributed by atoms with van der Waals surface area (Å²) < 4.78 is 5.64. The monoisotopic (exact) mass is 324 g/mol. The molecule has 0 unspecified atom stereocenters. The second kappa shape index (κ2) is 10.9. The van der Waals surface area contributed by atoms with Crippen LogP contribution in [-0.2, 0) is 4.74 Å². The molecular weight excluding hydrogens is 288 g/mol. The van der Waals surface area contributed by atoms with E-state index in [1.165, 1.54) is 51.7 Å². The predicted molar refractivity (Wildman–Crippen MR) is 97.0 cm³/mol. The lowest BCUT2D eigenvalue weighted by Gasteiger charge is -2.30. The van der Waals surface area contributed by atoms with Gasteiger partial charge in [-0.15, -0.1) is 0 Å². The van der Waals surface area contributed by atoms with E-state index < -0.39 is 0 Å². The van der Waals surface area contributed by atoms with Crippen LogP contribution in [0.1, 0.15) is 45.4 Å². The molecule has 5 nitrogen and oxygen atoms in total. The minimum absolute atomic E-state index is 0.855. The number of likely N-dealkylation sites (tertiary alicyclic amines) is 1. The molecule has 134 valence electrons. The van der Waals surface area contributed by atoms with Crippen LogP contribution in [0.2, 0.25) is 0 Å². The van der Waals surface area contributed by atoms with Gasteiger partial charge in [-0.3, -0.25) is 4.99 Å². The number of hydrogen-bond donors (Lipinski definition) is 2. The summed E-state index contributed by atoms with van der Waals surface area (Å²) in [5, 5.41) is 6.77. The van der Waals surface area contributed by atoms with Gasteiger partial charge in [0.2, 0.25) is 0 Å². The number of aliphatic imine (C=N–C) groups is 1. The molecule has 0 radical (unpaired) electrons. The van der Waals surface area contributed by atoms with Gasteiger partial charge < -0.3 is 20.3 Å². The second-order valence-electron chi connectivity index (χ2n) is 7.18. The molecule has 0 amide bonds. The highest BCUT2D eigenvalue weighted by atomic mass is 16.5. The molecule has 2 rings (SSSR count). The van der Waals surface area contributed by atoms with Crippen molar-refractivity contribution in [2.24, 2.45) is 16.8 Å². The quantitative estimate of drug-likeness (QED) is 0.367. The maximum Gasteiger partial charge on any atom is 0.190 e. The summed E-state index contributed by atoms with van der Waals surface area (Å²) in [4.78, 5) is 6.87. The number of guanidine groups is 1. The van der Waals surface area contributed by atoms with E-state index in [-0.39, 0.29) is 0 Å². The Morgan fingerprint density at radius 3 is 2.43 bits per heavy atom. The molecule has 2 fully saturated rings. The van der Waals surface area contributed by atoms with Crippen molar-refractivity contribution in [3.63, 3.8) is 0 Å². The normalized spacial score (nSPS) is 20.7. The third-order valence-electron chi connectivity index (χ3n) is 4.85. The van der Waals surface area contributed by atoms with Crippen LogP contribution >= 0.6 is 0 Å². The predicted octanol–water partition coefficient (Wildman–Crippen LogP) is 2.09. The lowest BCUT2D eigenvalue weighted by atomic mass is 9.99. The van der Waals surface area contributed by atoms with Crippen molar-refractivity contribution in [1.29, 1.82) is 0 Å². The smallest absolute Gasteiger partial charge is 0.190 e. The highest BCUT2D eigenvalue weighted by Crippen LogP contribution is 2.28. The van der Waals surface area contributed by atoms with E-state index >= 15 is 0 Å². The van der Waals surface area contributed by atoms with Gasteiger partial charge >= 0.3 is 0 Å². The maximum atomic E-state index is 5.64. The fourth-order valence-corrected chi connectivity index (χ4v) is 2.93. The summed E-state index contributed by atoms with van der Waals surface area (Å²) in [5.41, 5.74) is 0. The second-order valence-corrected chi connectivity index (χ2v) is 7.18. The van der Waals surface area contributed by atoms with Gasteiger partial charge in [0.05, 0.1) is 0 Å². The number of nitrogens with one attached hydrogen (secondary N) is 2. The molecule has 1 aliphatic carbocycles. The van der Waals surface area contributed by atoms with Crippen LogP contribution in [0.15, 0.2) is 4.99 Å². The Labute approximate surface area is 142 Å². The lowest BCUT2D eigenvalue weighted by molar-refractivity contribution is 0.123. The van der Waals surface area contributed by atoms with E-state index in [2.05, 4.69) is 27.4 Å². The highest BCUT2D eigenvalue weighted by Gasteiger charge is 2.20. The summed E-state index contributed by atoms with van der Waals surface area (Å²) in [6.07, 6.45) is 7.68. The van der Waals surface area contributed by atoms with Crippen LogP contribution in [0.4, 0.5) is 0 Å². The molecule has 5 heteroatoms. The standard InChI is InChI=1S/C18H36N4O/c1-16-7-12-22(13-8-16)11-3-9-20-18(19-2)21-10-4-14-23-15-17-5-6-17/h16-17H,3-15H2,1-2H3,(H2,19,20,21). The molecule has 23 heavy (non-hydrogen) atoms. The van der Waals surface area contributed by atoms with Crippen molar-refractivity contribution in [2.45, 2.75) is 45.4 Å². The maximum absolute atomic E-state index is 5.64. The van der Waals surface area contributed by atoms with Crippen molar-refractivity contribution >= 4 is 5.96 Å². The molecule has 0 aromatic rings. The first-order valence-electron chi connectivity index (χ1n) is 9.52. The minimum atomic E-state index is 0.855. The Balaban J connectivity index is 1.41. The van der Waals surface area contributed by atoms with Crippen LogP contribution in [0.3, 0.4) is 0 Å². The summed E-state index contributed by atoms with van der Waals surface area (Å²) in [5.74, 6) is 2.70. The zero-order valence-electron chi connectivity index (χ0n) is 15.1. The van der Waals surface area contributed by atoms with Crippen molar-refractivity contribution in [2.75, 3.05) is 53.0 Å². The fourth-order valence-electron chi connectivity index (χ4n) is 2.93. The van der Waals surface area contributed by atoms with Crippen LogP contribution in [0, 0.1) is 11.8 Å². The number of nitrogens with zero attached hydrogens (tertiary/aromatic N) is 2. The fraction of sp³-hybridized carbons (Fsp3) is 0.944. The van der Waals surface area contributed by atoms with Gasteiger partial charge in [0.1, 0.15) is 0 Å². The van der Waals surface area contributed by atoms with Crippen LogP contribution in [-0.4, -0.2) is 63.8 Å². The Kier molecular flexibility index (Phi) is 8.76. The highest BCUT2D eigenvalue weighted by molar-refractivity contribution is 5.79. The van der Waals surface area contributed by atoms with Crippen LogP contribution in [0.5, 0.6) is 0 Å². The average molecular weight is 325 g/mol. The van der Waals surface area contributed by atoms with Gasteiger partial charge in [0.25, 0.3) is 0 Å². The van der Waals surface area contributed by atoms with Crippen molar-refractivity contribution in [1.82, 2.24) is 15.5 Å². The van der Waals surface area contributed by atoms with Gasteiger partial charge in [0.15, 0.2) is 5.96 Å². The third-order valence-corrected chi connectivity index (χ3v) is 4.85. The van der Waals surface area contributed by atoms with Crippen molar-refractivity contribution < 1.29 is 4.74 Å². The van der Waals surface area contributed by atoms with Crippen molar-refractivity contribution in [3.05, 3.63) is 0 Å². The van der Waals surface area contributed by atoms with Crippen molar-refractivity contribution in [3.8, 4) is 0 Å². The summed E-state index contributed by atoms with van der Waals surface area (Å²) in [6.45, 7) is 9.84. The molecule has 1 saturated heterocycles. The van der Waals surface area contributed by atoms with Gasteiger partial charge in [-0.05, 0) is 70.0 Å². The van der Waals surface area contributed by atoms with Gasteiger partial charge in [-0.1, -0.05) is 6.92 Å². The van der Waals surface area contributed by atoms with E-state index in [4.69, 9.17) is 4.74 Å². The van der Waals surface area contributed by atoms with E-state index in [0.29, 0.717) is 0 Å². The zero-order valence-corrected chi connectivity index (χ0v) is 15.1. The average Bonchev–Trinajstić information content (AvgIpc) is 3.38. The minimum Gasteiger partial charge on any atom is -0.381 e. The zero-order chi connectivity index (χ0) is 16.3. The molecule has 1 heterocycles. The van der Waals surface area contributed by atoms with Crippen LogP contribution < -0.4 is 10.6 Å². The largest absolute Gasteiger partial charge is 0.381 e. The van der Waals surface area contributed by atoms with Gasteiger partial charge in [-0.2, -0.15) is 0 Å². The summed E-state index contributed by atoms with van der Waals surface area (Å²) in [7, 11) is 1.84. The molecule has 2 aliphatic rings. The molecule has 1 saturated carbocycles. The van der Waals surface area contributed by atoms with E-state index in [9.17, 15) is 0 Å². The van der Waals surface area contributed by atoms with E-state index in [1.807, 2.05) is 7.05 Å². The SMILES string of the molecule is CN=C(NCCCOCC1CC1)NCCCN1CCC(C)CC1. The Morgan fingerprint density at radius 2 is 1.78 bits per heavy atom. The Morgan fingerprint density at radius 1 is 1.09 bits per heavy atom. The molecule has 0 aromatic heterocycles. The molecular formula is C18H36N4O. The molecule has 1 aliphatic heterocycles. The molecule has 0 spiro atoms. The molecule has 0 bridgehead atoms. The first kappa shape index (κ1) is 18.5. The number of piperidine rings is 1. The molecule has 0 aromatic carbocycles. The Hall–Kier alpha value is -0.810. The number of hydrogen-bond acceptors (Lipinski definition) is 3. The molecule has 0 atom stereocenters. The van der Waals surface area contributed by atoms with Gasteiger partial charge in [-0.25, -0.2) is 0 Å². The van der Waals surface area contributed by atoms with E-state index in [0.717, 1.165) is 50.5 Å².